The Morgan fingerprint density at radius 1 is 1.33 bits per heavy atom. The fourth-order valence-electron chi connectivity index (χ4n) is 2.08. The van der Waals surface area contributed by atoms with Gasteiger partial charge in [0, 0.05) is 5.54 Å². The molecule has 1 atom stereocenters. The summed E-state index contributed by atoms with van der Waals surface area (Å²) in [5, 5.41) is 0. The number of hydrogen-bond acceptors (Lipinski definition) is 1. The summed E-state index contributed by atoms with van der Waals surface area (Å²) in [4.78, 5) is 0. The Bertz CT molecular complexity index is 318. The minimum Gasteiger partial charge on any atom is -0.325 e. The highest BCUT2D eigenvalue weighted by molar-refractivity contribution is 5.19. The molecule has 1 unspecified atom stereocenters. The van der Waals surface area contributed by atoms with Crippen molar-refractivity contribution in [2.45, 2.75) is 39.2 Å². The molecule has 0 saturated heterocycles. The molecule has 0 heterocycles. The monoisotopic (exact) mass is 209 g/mol. The van der Waals surface area contributed by atoms with Crippen molar-refractivity contribution < 1.29 is 4.39 Å². The number of rotatable bonds is 4. The van der Waals surface area contributed by atoms with Gasteiger partial charge in [-0.25, -0.2) is 4.39 Å². The first kappa shape index (κ1) is 12.2. The Morgan fingerprint density at radius 2 is 1.93 bits per heavy atom. The van der Waals surface area contributed by atoms with Crippen LogP contribution in [0.4, 0.5) is 4.39 Å². The van der Waals surface area contributed by atoms with E-state index in [0.717, 1.165) is 6.42 Å². The Morgan fingerprint density at radius 3 is 2.47 bits per heavy atom. The smallest absolute Gasteiger partial charge is 0.126 e. The van der Waals surface area contributed by atoms with Crippen LogP contribution in [0, 0.1) is 11.7 Å². The van der Waals surface area contributed by atoms with Gasteiger partial charge in [-0.05, 0) is 37.3 Å². The van der Waals surface area contributed by atoms with E-state index in [1.54, 1.807) is 12.1 Å². The van der Waals surface area contributed by atoms with Crippen LogP contribution in [0.2, 0.25) is 0 Å². The summed E-state index contributed by atoms with van der Waals surface area (Å²) < 4.78 is 13.4. The summed E-state index contributed by atoms with van der Waals surface area (Å²) in [6.45, 7) is 6.25. The molecule has 0 radical (unpaired) electrons. The summed E-state index contributed by atoms with van der Waals surface area (Å²) in [6.07, 6.45) is 1.50. The SMILES string of the molecule is CC(C)CC(C)(N)Cc1ccccc1F. The molecule has 84 valence electrons. The molecule has 0 fully saturated rings. The van der Waals surface area contributed by atoms with Crippen LogP contribution in [0.5, 0.6) is 0 Å². The molecule has 2 heteroatoms. The average molecular weight is 209 g/mol. The maximum absolute atomic E-state index is 13.4. The molecule has 0 aliphatic carbocycles. The Labute approximate surface area is 91.5 Å². The molecular weight excluding hydrogens is 189 g/mol. The molecular formula is C13H20FN. The maximum atomic E-state index is 13.4. The topological polar surface area (TPSA) is 26.0 Å². The number of halogens is 1. The highest BCUT2D eigenvalue weighted by atomic mass is 19.1. The van der Waals surface area contributed by atoms with Gasteiger partial charge in [-0.2, -0.15) is 0 Å². The van der Waals surface area contributed by atoms with E-state index in [1.807, 2.05) is 13.0 Å². The van der Waals surface area contributed by atoms with Crippen LogP contribution in [0.15, 0.2) is 24.3 Å². The van der Waals surface area contributed by atoms with Gasteiger partial charge in [-0.15, -0.1) is 0 Å². The average Bonchev–Trinajstić information content (AvgIpc) is 2.06. The fraction of sp³-hybridized carbons (Fsp3) is 0.538. The summed E-state index contributed by atoms with van der Waals surface area (Å²) >= 11 is 0. The van der Waals surface area contributed by atoms with E-state index in [2.05, 4.69) is 13.8 Å². The quantitative estimate of drug-likeness (QED) is 0.810. The minimum atomic E-state index is -0.323. The molecule has 0 saturated carbocycles. The standard InChI is InChI=1S/C13H20FN/c1-10(2)8-13(3,15)9-11-6-4-5-7-12(11)14/h4-7,10H,8-9,15H2,1-3H3. The molecule has 0 aromatic heterocycles. The first-order chi connectivity index (χ1) is 6.91. The van der Waals surface area contributed by atoms with Crippen molar-refractivity contribution in [1.29, 1.82) is 0 Å². The van der Waals surface area contributed by atoms with Crippen LogP contribution in [0.25, 0.3) is 0 Å². The van der Waals surface area contributed by atoms with Crippen LogP contribution in [-0.2, 0) is 6.42 Å². The van der Waals surface area contributed by atoms with Gasteiger partial charge in [0.05, 0.1) is 0 Å². The third-order valence-corrected chi connectivity index (χ3v) is 2.43. The highest BCUT2D eigenvalue weighted by Crippen LogP contribution is 2.20. The predicted molar refractivity (Wildman–Crippen MR) is 62.2 cm³/mol. The van der Waals surface area contributed by atoms with Gasteiger partial charge >= 0.3 is 0 Å². The van der Waals surface area contributed by atoms with E-state index in [9.17, 15) is 4.39 Å². The van der Waals surface area contributed by atoms with Crippen LogP contribution in [0.3, 0.4) is 0 Å². The number of nitrogens with two attached hydrogens (primary N) is 1. The normalized spacial score (nSPS) is 15.3. The zero-order valence-electron chi connectivity index (χ0n) is 9.76. The Kier molecular flexibility index (Phi) is 3.86. The van der Waals surface area contributed by atoms with Gasteiger partial charge in [0.2, 0.25) is 0 Å². The first-order valence-corrected chi connectivity index (χ1v) is 5.43. The zero-order chi connectivity index (χ0) is 11.5. The van der Waals surface area contributed by atoms with Crippen molar-refractivity contribution in [2.24, 2.45) is 11.7 Å². The van der Waals surface area contributed by atoms with E-state index in [4.69, 9.17) is 5.73 Å². The molecule has 15 heavy (non-hydrogen) atoms. The molecule has 1 aromatic rings. The van der Waals surface area contributed by atoms with Gasteiger partial charge < -0.3 is 5.73 Å². The third kappa shape index (κ3) is 4.00. The highest BCUT2D eigenvalue weighted by Gasteiger charge is 2.21. The Balaban J connectivity index is 2.73. The Hall–Kier alpha value is -0.890. The molecule has 0 amide bonds. The van der Waals surface area contributed by atoms with Crippen LogP contribution < -0.4 is 5.73 Å². The molecule has 1 nitrogen and oxygen atoms in total. The lowest BCUT2D eigenvalue weighted by Gasteiger charge is -2.26. The van der Waals surface area contributed by atoms with Gasteiger partial charge in [0.1, 0.15) is 5.82 Å². The summed E-state index contributed by atoms with van der Waals surface area (Å²) in [5.74, 6) is 0.379. The summed E-state index contributed by atoms with van der Waals surface area (Å²) in [6, 6.07) is 6.85. The van der Waals surface area contributed by atoms with E-state index in [-0.39, 0.29) is 11.4 Å². The van der Waals surface area contributed by atoms with E-state index >= 15 is 0 Å². The number of hydrogen-bond donors (Lipinski definition) is 1. The van der Waals surface area contributed by atoms with Crippen LogP contribution >= 0.6 is 0 Å². The molecule has 0 aliphatic heterocycles. The molecule has 2 N–H and O–H groups in total. The number of benzene rings is 1. The first-order valence-electron chi connectivity index (χ1n) is 5.43. The van der Waals surface area contributed by atoms with Crippen LogP contribution in [-0.4, -0.2) is 5.54 Å². The predicted octanol–water partition coefficient (Wildman–Crippen LogP) is 3.13. The molecule has 0 aliphatic rings. The zero-order valence-corrected chi connectivity index (χ0v) is 9.76. The lowest BCUT2D eigenvalue weighted by molar-refractivity contribution is 0.363. The third-order valence-electron chi connectivity index (χ3n) is 2.43. The summed E-state index contributed by atoms with van der Waals surface area (Å²) in [7, 11) is 0. The lowest BCUT2D eigenvalue weighted by Crippen LogP contribution is -2.40. The minimum absolute atomic E-state index is 0.155. The second-order valence-corrected chi connectivity index (χ2v) is 5.02. The molecule has 1 rings (SSSR count). The van der Waals surface area contributed by atoms with Crippen molar-refractivity contribution in [1.82, 2.24) is 0 Å². The van der Waals surface area contributed by atoms with Crippen molar-refractivity contribution in [3.05, 3.63) is 35.6 Å². The fourth-order valence-corrected chi connectivity index (χ4v) is 2.08. The second-order valence-electron chi connectivity index (χ2n) is 5.02. The van der Waals surface area contributed by atoms with E-state index in [0.29, 0.717) is 17.9 Å². The summed E-state index contributed by atoms with van der Waals surface area (Å²) in [5.41, 5.74) is 6.54. The molecule has 1 aromatic carbocycles. The lowest BCUT2D eigenvalue weighted by atomic mass is 9.86. The van der Waals surface area contributed by atoms with Crippen molar-refractivity contribution in [3.63, 3.8) is 0 Å². The van der Waals surface area contributed by atoms with Gasteiger partial charge in [0.15, 0.2) is 0 Å². The van der Waals surface area contributed by atoms with Gasteiger partial charge in [0.25, 0.3) is 0 Å². The van der Waals surface area contributed by atoms with Gasteiger partial charge in [-0.3, -0.25) is 0 Å². The van der Waals surface area contributed by atoms with Crippen LogP contribution in [0.1, 0.15) is 32.8 Å². The molecule has 0 bridgehead atoms. The maximum Gasteiger partial charge on any atom is 0.126 e. The van der Waals surface area contributed by atoms with E-state index in [1.165, 1.54) is 6.07 Å². The van der Waals surface area contributed by atoms with Gasteiger partial charge in [-0.1, -0.05) is 32.0 Å². The van der Waals surface area contributed by atoms with Crippen molar-refractivity contribution >= 4 is 0 Å². The largest absolute Gasteiger partial charge is 0.325 e. The van der Waals surface area contributed by atoms with Crippen molar-refractivity contribution in [2.75, 3.05) is 0 Å². The van der Waals surface area contributed by atoms with E-state index < -0.39 is 0 Å². The second kappa shape index (κ2) is 4.75. The molecule has 0 spiro atoms. The van der Waals surface area contributed by atoms with Crippen molar-refractivity contribution in [3.8, 4) is 0 Å².